The Morgan fingerprint density at radius 3 is 3.27 bits per heavy atom. The minimum absolute atomic E-state index is 0.190. The SMILES string of the molecule is CC(N)CCNc1nccn2cnnc12. The van der Waals surface area contributed by atoms with Crippen LogP contribution in [0.5, 0.6) is 0 Å². The lowest BCUT2D eigenvalue weighted by molar-refractivity contribution is 0.689. The van der Waals surface area contributed by atoms with Gasteiger partial charge in [-0.05, 0) is 13.3 Å². The van der Waals surface area contributed by atoms with E-state index in [0.717, 1.165) is 24.4 Å². The molecule has 0 aliphatic carbocycles. The molecule has 0 spiro atoms. The zero-order valence-corrected chi connectivity index (χ0v) is 8.59. The predicted molar refractivity (Wildman–Crippen MR) is 57.5 cm³/mol. The first-order chi connectivity index (χ1) is 7.27. The zero-order valence-electron chi connectivity index (χ0n) is 8.59. The Kier molecular flexibility index (Phi) is 2.77. The molecule has 1 unspecified atom stereocenters. The van der Waals surface area contributed by atoms with Gasteiger partial charge in [-0.15, -0.1) is 10.2 Å². The summed E-state index contributed by atoms with van der Waals surface area (Å²) in [6.07, 6.45) is 6.07. The minimum atomic E-state index is 0.190. The maximum absolute atomic E-state index is 5.66. The zero-order chi connectivity index (χ0) is 10.7. The van der Waals surface area contributed by atoms with E-state index in [4.69, 9.17) is 5.73 Å². The molecule has 3 N–H and O–H groups in total. The maximum Gasteiger partial charge on any atom is 0.203 e. The number of hydrogen-bond acceptors (Lipinski definition) is 5. The van der Waals surface area contributed by atoms with Gasteiger partial charge in [-0.1, -0.05) is 0 Å². The lowest BCUT2D eigenvalue weighted by atomic mass is 10.2. The van der Waals surface area contributed by atoms with Crippen molar-refractivity contribution in [2.24, 2.45) is 5.73 Å². The summed E-state index contributed by atoms with van der Waals surface area (Å²) in [6, 6.07) is 0.190. The molecule has 2 aromatic rings. The van der Waals surface area contributed by atoms with Crippen LogP contribution in [0.4, 0.5) is 5.82 Å². The summed E-state index contributed by atoms with van der Waals surface area (Å²) in [5.74, 6) is 0.746. The first kappa shape index (κ1) is 9.85. The number of aromatic nitrogens is 4. The number of rotatable bonds is 4. The van der Waals surface area contributed by atoms with Crippen LogP contribution in [0.25, 0.3) is 5.65 Å². The number of nitrogens with two attached hydrogens (primary N) is 1. The van der Waals surface area contributed by atoms with Gasteiger partial charge in [0.25, 0.3) is 0 Å². The molecule has 2 aromatic heterocycles. The van der Waals surface area contributed by atoms with Crippen molar-refractivity contribution in [2.45, 2.75) is 19.4 Å². The number of anilines is 1. The van der Waals surface area contributed by atoms with E-state index in [-0.39, 0.29) is 6.04 Å². The van der Waals surface area contributed by atoms with Gasteiger partial charge in [0.1, 0.15) is 6.33 Å². The molecule has 0 radical (unpaired) electrons. The largest absolute Gasteiger partial charge is 0.367 e. The third kappa shape index (κ3) is 2.21. The van der Waals surface area contributed by atoms with Gasteiger partial charge in [-0.3, -0.25) is 4.40 Å². The smallest absolute Gasteiger partial charge is 0.203 e. The van der Waals surface area contributed by atoms with Crippen molar-refractivity contribution < 1.29 is 0 Å². The van der Waals surface area contributed by atoms with Crippen molar-refractivity contribution in [1.82, 2.24) is 19.6 Å². The number of hydrogen-bond donors (Lipinski definition) is 2. The average Bonchev–Trinajstić information content (AvgIpc) is 2.65. The Morgan fingerprint density at radius 2 is 2.47 bits per heavy atom. The van der Waals surface area contributed by atoms with Crippen LogP contribution in [0.15, 0.2) is 18.7 Å². The van der Waals surface area contributed by atoms with Crippen molar-refractivity contribution >= 4 is 11.5 Å². The molecule has 0 aliphatic rings. The van der Waals surface area contributed by atoms with Crippen LogP contribution in [0.1, 0.15) is 13.3 Å². The number of fused-ring (bicyclic) bond motifs is 1. The van der Waals surface area contributed by atoms with E-state index < -0.39 is 0 Å². The Balaban J connectivity index is 2.10. The van der Waals surface area contributed by atoms with Gasteiger partial charge in [0.2, 0.25) is 5.65 Å². The van der Waals surface area contributed by atoms with Crippen LogP contribution < -0.4 is 11.1 Å². The van der Waals surface area contributed by atoms with Crippen LogP contribution in [-0.2, 0) is 0 Å². The molecule has 2 heterocycles. The fourth-order valence-corrected chi connectivity index (χ4v) is 1.30. The molecule has 6 heteroatoms. The summed E-state index contributed by atoms with van der Waals surface area (Å²) in [5.41, 5.74) is 6.39. The van der Waals surface area contributed by atoms with E-state index in [2.05, 4.69) is 20.5 Å². The summed E-state index contributed by atoms with van der Waals surface area (Å²) in [5, 5.41) is 11.0. The monoisotopic (exact) mass is 206 g/mol. The Labute approximate surface area is 87.5 Å². The third-order valence-electron chi connectivity index (χ3n) is 2.11. The standard InChI is InChI=1S/C9H14N6/c1-7(10)2-3-11-8-9-14-13-6-15(9)5-4-12-8/h4-7H,2-3,10H2,1H3,(H,11,12). The molecule has 0 fully saturated rings. The summed E-state index contributed by atoms with van der Waals surface area (Å²) in [6.45, 7) is 2.77. The van der Waals surface area contributed by atoms with E-state index in [1.807, 2.05) is 17.5 Å². The summed E-state index contributed by atoms with van der Waals surface area (Å²) >= 11 is 0. The molecule has 15 heavy (non-hydrogen) atoms. The summed E-state index contributed by atoms with van der Waals surface area (Å²) in [4.78, 5) is 4.20. The number of nitrogens with one attached hydrogen (secondary N) is 1. The van der Waals surface area contributed by atoms with Gasteiger partial charge in [0, 0.05) is 25.0 Å². The first-order valence-corrected chi connectivity index (χ1v) is 4.91. The van der Waals surface area contributed by atoms with Gasteiger partial charge in [-0.2, -0.15) is 0 Å². The van der Waals surface area contributed by atoms with E-state index in [1.165, 1.54) is 0 Å². The third-order valence-corrected chi connectivity index (χ3v) is 2.11. The molecule has 0 bridgehead atoms. The van der Waals surface area contributed by atoms with Gasteiger partial charge in [0.05, 0.1) is 0 Å². The Bertz CT molecular complexity index is 435. The molecular formula is C9H14N6. The molecule has 0 aromatic carbocycles. The molecule has 0 aliphatic heterocycles. The minimum Gasteiger partial charge on any atom is -0.367 e. The second kappa shape index (κ2) is 4.22. The average molecular weight is 206 g/mol. The van der Waals surface area contributed by atoms with Crippen molar-refractivity contribution in [1.29, 1.82) is 0 Å². The summed E-state index contributed by atoms with van der Waals surface area (Å²) < 4.78 is 1.82. The molecule has 6 nitrogen and oxygen atoms in total. The van der Waals surface area contributed by atoms with Gasteiger partial charge < -0.3 is 11.1 Å². The highest BCUT2D eigenvalue weighted by atomic mass is 15.2. The highest BCUT2D eigenvalue weighted by molar-refractivity contribution is 5.61. The van der Waals surface area contributed by atoms with Crippen LogP contribution in [0.2, 0.25) is 0 Å². The maximum atomic E-state index is 5.66. The van der Waals surface area contributed by atoms with Gasteiger partial charge in [0.15, 0.2) is 5.82 Å². The highest BCUT2D eigenvalue weighted by Crippen LogP contribution is 2.09. The highest BCUT2D eigenvalue weighted by Gasteiger charge is 2.03. The van der Waals surface area contributed by atoms with Gasteiger partial charge in [-0.25, -0.2) is 4.98 Å². The van der Waals surface area contributed by atoms with Crippen molar-refractivity contribution in [2.75, 3.05) is 11.9 Å². The molecule has 0 amide bonds. The van der Waals surface area contributed by atoms with E-state index >= 15 is 0 Å². The van der Waals surface area contributed by atoms with Crippen molar-refractivity contribution in [3.05, 3.63) is 18.7 Å². The lowest BCUT2D eigenvalue weighted by Gasteiger charge is -2.07. The molecule has 0 saturated heterocycles. The van der Waals surface area contributed by atoms with E-state index in [1.54, 1.807) is 12.5 Å². The topological polar surface area (TPSA) is 81.1 Å². The second-order valence-corrected chi connectivity index (χ2v) is 3.53. The second-order valence-electron chi connectivity index (χ2n) is 3.53. The van der Waals surface area contributed by atoms with Crippen LogP contribution in [-0.4, -0.2) is 32.2 Å². The van der Waals surface area contributed by atoms with Gasteiger partial charge >= 0.3 is 0 Å². The Hall–Kier alpha value is -1.69. The molecule has 0 saturated carbocycles. The van der Waals surface area contributed by atoms with Crippen molar-refractivity contribution in [3.8, 4) is 0 Å². The fourth-order valence-electron chi connectivity index (χ4n) is 1.30. The lowest BCUT2D eigenvalue weighted by Crippen LogP contribution is -2.19. The molecule has 1 atom stereocenters. The first-order valence-electron chi connectivity index (χ1n) is 4.91. The summed E-state index contributed by atoms with van der Waals surface area (Å²) in [7, 11) is 0. The number of nitrogens with zero attached hydrogens (tertiary/aromatic N) is 4. The quantitative estimate of drug-likeness (QED) is 0.750. The van der Waals surface area contributed by atoms with Crippen LogP contribution in [0, 0.1) is 0 Å². The molecule has 2 rings (SSSR count). The fraction of sp³-hybridized carbons (Fsp3) is 0.444. The van der Waals surface area contributed by atoms with Crippen LogP contribution >= 0.6 is 0 Å². The van der Waals surface area contributed by atoms with E-state index in [9.17, 15) is 0 Å². The predicted octanol–water partition coefficient (Wildman–Crippen LogP) is 0.273. The Morgan fingerprint density at radius 1 is 1.60 bits per heavy atom. The normalized spacial score (nSPS) is 12.9. The molecular weight excluding hydrogens is 192 g/mol. The molecule has 80 valence electrons. The van der Waals surface area contributed by atoms with Crippen molar-refractivity contribution in [3.63, 3.8) is 0 Å². The van der Waals surface area contributed by atoms with Crippen LogP contribution in [0.3, 0.4) is 0 Å². The van der Waals surface area contributed by atoms with E-state index in [0.29, 0.717) is 0 Å².